The second-order valence-electron chi connectivity index (χ2n) is 5.26. The average Bonchev–Trinajstić information content (AvgIpc) is 2.39. The first-order chi connectivity index (χ1) is 8.72. The summed E-state index contributed by atoms with van der Waals surface area (Å²) < 4.78 is 0. The number of likely N-dealkylation sites (tertiary alicyclic amines) is 1. The van der Waals surface area contributed by atoms with Gasteiger partial charge in [0.1, 0.15) is 0 Å². The molecule has 100 valence electrons. The molecule has 18 heavy (non-hydrogen) atoms. The zero-order chi connectivity index (χ0) is 13.0. The fourth-order valence-electron chi connectivity index (χ4n) is 2.91. The van der Waals surface area contributed by atoms with Gasteiger partial charge in [-0.05, 0) is 57.5 Å². The molecule has 1 aromatic carbocycles. The minimum atomic E-state index is 0.415. The van der Waals surface area contributed by atoms with Crippen LogP contribution in [0.1, 0.15) is 31.4 Å². The van der Waals surface area contributed by atoms with Gasteiger partial charge < -0.3 is 5.32 Å². The number of hydrogen-bond acceptors (Lipinski definition) is 2. The molecule has 1 N–H and O–H groups in total. The van der Waals surface area contributed by atoms with E-state index in [1.165, 1.54) is 31.5 Å². The molecule has 1 heterocycles. The number of hydrogen-bond donors (Lipinski definition) is 1. The summed E-state index contributed by atoms with van der Waals surface area (Å²) in [4.78, 5) is 2.56. The van der Waals surface area contributed by atoms with E-state index in [2.05, 4.69) is 29.3 Å². The molecule has 1 aromatic rings. The molecule has 0 radical (unpaired) electrons. The van der Waals surface area contributed by atoms with Crippen molar-refractivity contribution in [3.8, 4) is 0 Å². The van der Waals surface area contributed by atoms with Gasteiger partial charge in [0.25, 0.3) is 0 Å². The molecule has 1 aliphatic heterocycles. The summed E-state index contributed by atoms with van der Waals surface area (Å²) in [6, 6.07) is 8.63. The molecule has 2 rings (SSSR count). The van der Waals surface area contributed by atoms with Crippen molar-refractivity contribution < 1.29 is 0 Å². The fourth-order valence-corrected chi connectivity index (χ4v) is 3.21. The Morgan fingerprint density at radius 1 is 1.44 bits per heavy atom. The Morgan fingerprint density at radius 2 is 2.22 bits per heavy atom. The van der Waals surface area contributed by atoms with Crippen LogP contribution in [0.2, 0.25) is 5.02 Å². The maximum absolute atomic E-state index is 6.30. The second-order valence-corrected chi connectivity index (χ2v) is 5.67. The van der Waals surface area contributed by atoms with Gasteiger partial charge in [-0.3, -0.25) is 4.90 Å². The van der Waals surface area contributed by atoms with Crippen molar-refractivity contribution in [3.63, 3.8) is 0 Å². The predicted octanol–water partition coefficient (Wildman–Crippen LogP) is 3.33. The van der Waals surface area contributed by atoms with Crippen molar-refractivity contribution in [2.75, 3.05) is 26.7 Å². The normalized spacial score (nSPS) is 22.9. The molecular weight excluding hydrogens is 244 g/mol. The lowest BCUT2D eigenvalue weighted by Gasteiger charge is -2.37. The van der Waals surface area contributed by atoms with Crippen molar-refractivity contribution in [2.24, 2.45) is 5.92 Å². The van der Waals surface area contributed by atoms with Crippen LogP contribution in [0.5, 0.6) is 0 Å². The minimum absolute atomic E-state index is 0.415. The van der Waals surface area contributed by atoms with Gasteiger partial charge in [-0.2, -0.15) is 0 Å². The van der Waals surface area contributed by atoms with Crippen molar-refractivity contribution >= 4 is 11.6 Å². The number of nitrogens with zero attached hydrogens (tertiary/aromatic N) is 1. The Labute approximate surface area is 115 Å². The third-order valence-electron chi connectivity index (χ3n) is 3.95. The number of benzene rings is 1. The molecule has 3 heteroatoms. The lowest BCUT2D eigenvalue weighted by molar-refractivity contribution is 0.131. The van der Waals surface area contributed by atoms with Gasteiger partial charge in [-0.15, -0.1) is 0 Å². The lowest BCUT2D eigenvalue weighted by Crippen LogP contribution is -2.40. The summed E-state index contributed by atoms with van der Waals surface area (Å²) in [5, 5.41) is 4.18. The molecule has 0 aliphatic carbocycles. The molecule has 0 amide bonds. The number of rotatable bonds is 4. The van der Waals surface area contributed by atoms with E-state index in [4.69, 9.17) is 11.6 Å². The van der Waals surface area contributed by atoms with Gasteiger partial charge >= 0.3 is 0 Å². The molecule has 2 atom stereocenters. The van der Waals surface area contributed by atoms with Crippen LogP contribution in [0.15, 0.2) is 24.3 Å². The molecule has 0 spiro atoms. The van der Waals surface area contributed by atoms with Gasteiger partial charge in [0, 0.05) is 17.6 Å². The van der Waals surface area contributed by atoms with E-state index < -0.39 is 0 Å². The summed E-state index contributed by atoms with van der Waals surface area (Å²) in [5.41, 5.74) is 1.25. The van der Waals surface area contributed by atoms with Crippen LogP contribution in [0.4, 0.5) is 0 Å². The Bertz CT molecular complexity index is 379. The molecule has 1 aliphatic rings. The first-order valence-electron chi connectivity index (χ1n) is 6.85. The quantitative estimate of drug-likeness (QED) is 0.899. The standard InChI is InChI=1S/C15H23ClN2/c1-12(14-7-3-4-8-15(14)16)18-9-5-6-13(11-18)10-17-2/h3-4,7-8,12-13,17H,5-6,9-11H2,1-2H3. The number of piperidine rings is 1. The van der Waals surface area contributed by atoms with Crippen LogP contribution in [-0.2, 0) is 0 Å². The zero-order valence-electron chi connectivity index (χ0n) is 11.3. The average molecular weight is 267 g/mol. The van der Waals surface area contributed by atoms with Gasteiger partial charge in [0.2, 0.25) is 0 Å². The number of halogens is 1. The van der Waals surface area contributed by atoms with Gasteiger partial charge in [0.05, 0.1) is 0 Å². The van der Waals surface area contributed by atoms with Crippen LogP contribution < -0.4 is 5.32 Å². The second kappa shape index (κ2) is 6.55. The van der Waals surface area contributed by atoms with Crippen molar-refractivity contribution in [1.82, 2.24) is 10.2 Å². The third kappa shape index (κ3) is 3.25. The molecular formula is C15H23ClN2. The third-order valence-corrected chi connectivity index (χ3v) is 4.29. The van der Waals surface area contributed by atoms with Crippen molar-refractivity contribution in [1.29, 1.82) is 0 Å². The van der Waals surface area contributed by atoms with Crippen LogP contribution >= 0.6 is 11.6 Å². The molecule has 1 fully saturated rings. The molecule has 0 bridgehead atoms. The smallest absolute Gasteiger partial charge is 0.0453 e. The first-order valence-corrected chi connectivity index (χ1v) is 7.23. The summed E-state index contributed by atoms with van der Waals surface area (Å²) in [5.74, 6) is 0.772. The Morgan fingerprint density at radius 3 is 2.94 bits per heavy atom. The fraction of sp³-hybridized carbons (Fsp3) is 0.600. The van der Waals surface area contributed by atoms with E-state index in [-0.39, 0.29) is 0 Å². The van der Waals surface area contributed by atoms with Crippen LogP contribution in [0.25, 0.3) is 0 Å². The van der Waals surface area contributed by atoms with Crippen LogP contribution in [-0.4, -0.2) is 31.6 Å². The number of nitrogens with one attached hydrogen (secondary N) is 1. The van der Waals surface area contributed by atoms with Gasteiger partial charge in [-0.1, -0.05) is 29.8 Å². The molecule has 1 saturated heterocycles. The molecule has 0 saturated carbocycles. The van der Waals surface area contributed by atoms with Gasteiger partial charge in [0.15, 0.2) is 0 Å². The monoisotopic (exact) mass is 266 g/mol. The lowest BCUT2D eigenvalue weighted by atomic mass is 9.95. The van der Waals surface area contributed by atoms with Crippen molar-refractivity contribution in [2.45, 2.75) is 25.8 Å². The summed E-state index contributed by atoms with van der Waals surface area (Å²) in [6.45, 7) is 5.74. The molecule has 0 aromatic heterocycles. The van der Waals surface area contributed by atoms with E-state index >= 15 is 0 Å². The summed E-state index contributed by atoms with van der Waals surface area (Å²) >= 11 is 6.30. The van der Waals surface area contributed by atoms with E-state index in [9.17, 15) is 0 Å². The Balaban J connectivity index is 2.04. The zero-order valence-corrected chi connectivity index (χ0v) is 12.1. The van der Waals surface area contributed by atoms with E-state index in [0.29, 0.717) is 6.04 Å². The SMILES string of the molecule is CNCC1CCCN(C(C)c2ccccc2Cl)C1. The van der Waals surface area contributed by atoms with Gasteiger partial charge in [-0.25, -0.2) is 0 Å². The highest BCUT2D eigenvalue weighted by atomic mass is 35.5. The molecule has 2 nitrogen and oxygen atoms in total. The predicted molar refractivity (Wildman–Crippen MR) is 78.1 cm³/mol. The first kappa shape index (κ1) is 13.9. The minimum Gasteiger partial charge on any atom is -0.319 e. The van der Waals surface area contributed by atoms with E-state index in [1.807, 2.05) is 19.2 Å². The van der Waals surface area contributed by atoms with E-state index in [0.717, 1.165) is 17.5 Å². The summed E-state index contributed by atoms with van der Waals surface area (Å²) in [6.07, 6.45) is 2.63. The topological polar surface area (TPSA) is 15.3 Å². The highest BCUT2D eigenvalue weighted by Crippen LogP contribution is 2.30. The Hall–Kier alpha value is -0.570. The largest absolute Gasteiger partial charge is 0.319 e. The van der Waals surface area contributed by atoms with Crippen molar-refractivity contribution in [3.05, 3.63) is 34.9 Å². The maximum Gasteiger partial charge on any atom is 0.0453 e. The van der Waals surface area contributed by atoms with Crippen LogP contribution in [0, 0.1) is 5.92 Å². The molecule has 2 unspecified atom stereocenters. The van der Waals surface area contributed by atoms with E-state index in [1.54, 1.807) is 0 Å². The highest BCUT2D eigenvalue weighted by Gasteiger charge is 2.24. The van der Waals surface area contributed by atoms with Crippen LogP contribution in [0.3, 0.4) is 0 Å². The highest BCUT2D eigenvalue weighted by molar-refractivity contribution is 6.31. The summed E-state index contributed by atoms with van der Waals surface area (Å²) in [7, 11) is 2.04. The Kier molecular flexibility index (Phi) is 5.04. The maximum atomic E-state index is 6.30.